The summed E-state index contributed by atoms with van der Waals surface area (Å²) in [5.41, 5.74) is 0. The molecule has 50 heavy (non-hydrogen) atoms. The number of amidine groups is 1. The van der Waals surface area contributed by atoms with Crippen molar-refractivity contribution in [3.8, 4) is 0 Å². The quantitative estimate of drug-likeness (QED) is 0.139. The van der Waals surface area contributed by atoms with Gasteiger partial charge in [0.05, 0.1) is 25.2 Å². The summed E-state index contributed by atoms with van der Waals surface area (Å²) < 4.78 is 34.3. The Balaban J connectivity index is 1.64. The largest absolute Gasteiger partial charge is 0.467 e. The summed E-state index contributed by atoms with van der Waals surface area (Å²) in [7, 11) is 1.15. The van der Waals surface area contributed by atoms with Gasteiger partial charge in [0.2, 0.25) is 5.91 Å². The van der Waals surface area contributed by atoms with E-state index in [1.807, 2.05) is 0 Å². The number of nitrogens with zero attached hydrogens (tertiary/aromatic N) is 1. The van der Waals surface area contributed by atoms with E-state index in [4.69, 9.17) is 33.4 Å². The van der Waals surface area contributed by atoms with Crippen LogP contribution in [0.3, 0.4) is 0 Å². The van der Waals surface area contributed by atoms with Crippen LogP contribution < -0.4 is 5.32 Å². The Bertz CT molecular complexity index is 1220. The van der Waals surface area contributed by atoms with E-state index in [1.54, 1.807) is 0 Å². The molecule has 0 aromatic rings. The number of fused-ring (bicyclic) bond motifs is 1. The van der Waals surface area contributed by atoms with Gasteiger partial charge in [0.1, 0.15) is 5.84 Å². The van der Waals surface area contributed by atoms with Gasteiger partial charge < -0.3 is 33.7 Å². The van der Waals surface area contributed by atoms with E-state index in [9.17, 15) is 24.0 Å². The first-order valence-corrected chi connectivity index (χ1v) is 18.7. The van der Waals surface area contributed by atoms with Crippen molar-refractivity contribution < 1.29 is 52.4 Å². The second kappa shape index (κ2) is 19.0. The third kappa shape index (κ3) is 10.5. The highest BCUT2D eigenvalue weighted by atomic mass is 16.7. The van der Waals surface area contributed by atoms with Crippen LogP contribution in [-0.2, 0) is 52.4 Å². The van der Waals surface area contributed by atoms with Gasteiger partial charge in [0.25, 0.3) is 0 Å². The molecule has 1 N–H and O–H groups in total. The number of amides is 1. The predicted octanol–water partition coefficient (Wildman–Crippen LogP) is 4.95. The number of methoxy groups -OCH3 is 1. The molecule has 0 spiro atoms. The summed E-state index contributed by atoms with van der Waals surface area (Å²) in [5, 5.41) is 3.18. The van der Waals surface area contributed by atoms with E-state index in [-0.39, 0.29) is 23.8 Å². The minimum absolute atomic E-state index is 0.00338. The molecule has 13 nitrogen and oxygen atoms in total. The molecule has 2 heterocycles. The number of ether oxygens (including phenoxy) is 6. The van der Waals surface area contributed by atoms with Crippen molar-refractivity contribution in [2.75, 3.05) is 7.11 Å². The zero-order valence-corrected chi connectivity index (χ0v) is 30.7. The zero-order valence-electron chi connectivity index (χ0n) is 30.7. The highest BCUT2D eigenvalue weighted by molar-refractivity contribution is 6.02. The van der Waals surface area contributed by atoms with Crippen LogP contribution in [0.2, 0.25) is 0 Å². The molecule has 4 aliphatic rings. The van der Waals surface area contributed by atoms with Crippen molar-refractivity contribution in [2.45, 2.75) is 167 Å². The minimum Gasteiger partial charge on any atom is -0.467 e. The Morgan fingerprint density at radius 3 is 1.90 bits per heavy atom. The molecule has 2 aliphatic heterocycles. The smallest absolute Gasteiger partial charge is 0.339 e. The van der Waals surface area contributed by atoms with Crippen molar-refractivity contribution in [3.05, 3.63) is 0 Å². The van der Waals surface area contributed by atoms with Gasteiger partial charge in [-0.3, -0.25) is 24.2 Å². The number of aliphatic imine (C=N–C) groups is 1. The average Bonchev–Trinajstić information content (AvgIpc) is 3.07. The average molecular weight is 707 g/mol. The van der Waals surface area contributed by atoms with Crippen LogP contribution in [-0.4, -0.2) is 85.6 Å². The van der Waals surface area contributed by atoms with E-state index >= 15 is 0 Å². The van der Waals surface area contributed by atoms with E-state index in [1.165, 1.54) is 26.2 Å². The molecule has 1 saturated heterocycles. The van der Waals surface area contributed by atoms with Crippen LogP contribution in [0.5, 0.6) is 0 Å². The van der Waals surface area contributed by atoms with E-state index < -0.39 is 60.7 Å². The highest BCUT2D eigenvalue weighted by Gasteiger charge is 2.56. The summed E-state index contributed by atoms with van der Waals surface area (Å²) >= 11 is 0. The Labute approximate surface area is 296 Å². The van der Waals surface area contributed by atoms with E-state index in [0.717, 1.165) is 85.2 Å². The number of carbonyl (C=O) groups excluding carboxylic acids is 5. The SMILES string of the molecule is CCCCCC1CCC2N=C(C3CC(CCCCC)CCC3O[C@@H]3OC(C(=O)OC)[C@@H](OC(C)=O)[C@H](OC(C)=O)C3OC(C)=O)NC(=O)C2C1. The van der Waals surface area contributed by atoms with Gasteiger partial charge in [0, 0.05) is 26.7 Å². The molecule has 0 bridgehead atoms. The molecule has 0 radical (unpaired) electrons. The summed E-state index contributed by atoms with van der Waals surface area (Å²) in [6.07, 6.45) is 6.21. The van der Waals surface area contributed by atoms with Crippen LogP contribution in [0.15, 0.2) is 4.99 Å². The van der Waals surface area contributed by atoms with Gasteiger partial charge in [0.15, 0.2) is 30.7 Å². The Hall–Kier alpha value is -3.06. The molecule has 13 heteroatoms. The first-order valence-electron chi connectivity index (χ1n) is 18.7. The van der Waals surface area contributed by atoms with Gasteiger partial charge >= 0.3 is 23.9 Å². The number of hydrogen-bond acceptors (Lipinski definition) is 12. The maximum absolute atomic E-state index is 13.7. The predicted molar refractivity (Wildman–Crippen MR) is 182 cm³/mol. The highest BCUT2D eigenvalue weighted by Crippen LogP contribution is 2.41. The topological polar surface area (TPSA) is 165 Å². The fraction of sp³-hybridized carbons (Fsp3) is 0.838. The number of esters is 4. The fourth-order valence-electron chi connectivity index (χ4n) is 8.23. The molecular weight excluding hydrogens is 648 g/mol. The van der Waals surface area contributed by atoms with Crippen LogP contribution in [0.25, 0.3) is 0 Å². The van der Waals surface area contributed by atoms with Crippen molar-refractivity contribution in [2.24, 2.45) is 28.7 Å². The maximum atomic E-state index is 13.7. The summed E-state index contributed by atoms with van der Waals surface area (Å²) in [6, 6.07) is -0.0939. The van der Waals surface area contributed by atoms with Gasteiger partial charge in [-0.1, -0.05) is 65.2 Å². The standard InChI is InChI=1S/C37H58N2O11/c1-7-9-11-13-24-15-17-28-26(19-24)35(43)39-34(38-28)27-20-25(14-12-10-8-2)16-18-29(27)49-37-33(48-23(5)42)31(47-22(4)41)30(46-21(3)40)32(50-37)36(44)45-6/h24-33,37H,7-20H2,1-6H3,(H,38,39,43)/t24?,25?,26?,27?,28?,29?,30-,31-,32?,33?,37+/m0/s1. The maximum Gasteiger partial charge on any atom is 0.339 e. The van der Waals surface area contributed by atoms with Crippen molar-refractivity contribution >= 4 is 35.6 Å². The van der Waals surface area contributed by atoms with E-state index in [2.05, 4.69) is 19.2 Å². The van der Waals surface area contributed by atoms with Gasteiger partial charge in [-0.15, -0.1) is 0 Å². The fourth-order valence-corrected chi connectivity index (χ4v) is 8.23. The molecule has 8 unspecified atom stereocenters. The van der Waals surface area contributed by atoms with Crippen LogP contribution in [0.4, 0.5) is 0 Å². The Morgan fingerprint density at radius 1 is 0.760 bits per heavy atom. The monoisotopic (exact) mass is 706 g/mol. The molecule has 0 aromatic heterocycles. The molecule has 282 valence electrons. The summed E-state index contributed by atoms with van der Waals surface area (Å²) in [4.78, 5) is 68.7. The first-order chi connectivity index (χ1) is 23.9. The number of nitrogens with one attached hydrogen (secondary N) is 1. The molecule has 11 atom stereocenters. The van der Waals surface area contributed by atoms with Crippen LogP contribution >= 0.6 is 0 Å². The number of rotatable bonds is 15. The molecule has 2 aliphatic carbocycles. The zero-order chi connectivity index (χ0) is 36.4. The molecule has 2 saturated carbocycles. The first kappa shape index (κ1) is 39.7. The van der Waals surface area contributed by atoms with Gasteiger partial charge in [-0.2, -0.15) is 0 Å². The van der Waals surface area contributed by atoms with Gasteiger partial charge in [-0.05, 0) is 50.4 Å². The number of carbonyl (C=O) groups is 5. The molecule has 3 fully saturated rings. The Morgan fingerprint density at radius 2 is 1.32 bits per heavy atom. The van der Waals surface area contributed by atoms with Crippen molar-refractivity contribution in [1.82, 2.24) is 5.32 Å². The van der Waals surface area contributed by atoms with Crippen LogP contribution in [0, 0.1) is 23.7 Å². The lowest BCUT2D eigenvalue weighted by molar-refractivity contribution is -0.314. The normalized spacial score (nSPS) is 34.0. The molecule has 4 rings (SSSR count). The second-order valence-corrected chi connectivity index (χ2v) is 14.5. The molecular formula is C37H58N2O11. The van der Waals surface area contributed by atoms with Gasteiger partial charge in [-0.25, -0.2) is 4.79 Å². The lowest BCUT2D eigenvalue weighted by atomic mass is 9.73. The number of hydrogen-bond donors (Lipinski definition) is 1. The van der Waals surface area contributed by atoms with Crippen molar-refractivity contribution in [1.29, 1.82) is 0 Å². The minimum atomic E-state index is -1.55. The molecule has 1 amide bonds. The summed E-state index contributed by atoms with van der Waals surface area (Å²) in [6.45, 7) is 7.84. The molecule has 0 aromatic carbocycles. The summed E-state index contributed by atoms with van der Waals surface area (Å²) in [5.74, 6) is -2.07. The van der Waals surface area contributed by atoms with E-state index in [0.29, 0.717) is 24.1 Å². The lowest BCUT2D eigenvalue weighted by Crippen LogP contribution is -2.64. The van der Waals surface area contributed by atoms with Crippen molar-refractivity contribution in [3.63, 3.8) is 0 Å². The van der Waals surface area contributed by atoms with Crippen LogP contribution in [0.1, 0.15) is 125 Å². The second-order valence-electron chi connectivity index (χ2n) is 14.5. The Kier molecular flexibility index (Phi) is 15.1. The third-order valence-electron chi connectivity index (χ3n) is 10.6. The lowest BCUT2D eigenvalue weighted by Gasteiger charge is -2.46. The number of unbranched alkanes of at least 4 members (excludes halogenated alkanes) is 4. The third-order valence-corrected chi connectivity index (χ3v) is 10.6.